The molecule has 2 rings (SSSR count). The van der Waals surface area contributed by atoms with Crippen LogP contribution in [0.15, 0.2) is 12.3 Å². The molecular formula is C15H25BN2O3. The molecule has 116 valence electrons. The molecule has 1 aromatic heterocycles. The molecule has 5 nitrogen and oxygen atoms in total. The van der Waals surface area contributed by atoms with Crippen molar-refractivity contribution in [1.82, 2.24) is 4.98 Å². The number of rotatable bonds is 4. The van der Waals surface area contributed by atoms with Gasteiger partial charge in [0.2, 0.25) is 5.88 Å². The molecule has 0 aromatic carbocycles. The first-order valence-electron chi connectivity index (χ1n) is 7.33. The van der Waals surface area contributed by atoms with Gasteiger partial charge in [-0.1, -0.05) is 0 Å². The van der Waals surface area contributed by atoms with Crippen molar-refractivity contribution in [1.29, 1.82) is 0 Å². The lowest BCUT2D eigenvalue weighted by Gasteiger charge is -2.32. The summed E-state index contributed by atoms with van der Waals surface area (Å²) in [6.45, 7) is 10.7. The van der Waals surface area contributed by atoms with Crippen LogP contribution in [0, 0.1) is 0 Å². The van der Waals surface area contributed by atoms with Crippen molar-refractivity contribution in [3.63, 3.8) is 0 Å². The number of pyridine rings is 1. The standard InChI is InChI=1S/C15H25BN2O3/c1-8-19-13-12(18(6)7)9-11(10-17-13)16-20-14(2,3)15(4,5)21-16/h9-10H,8H2,1-7H3. The minimum Gasteiger partial charge on any atom is -0.476 e. The van der Waals surface area contributed by atoms with Crippen LogP contribution in [-0.2, 0) is 9.31 Å². The summed E-state index contributed by atoms with van der Waals surface area (Å²) in [5, 5.41) is 0. The molecule has 0 spiro atoms. The molecule has 0 bridgehead atoms. The fraction of sp³-hybridized carbons (Fsp3) is 0.667. The van der Waals surface area contributed by atoms with Gasteiger partial charge in [0.25, 0.3) is 0 Å². The monoisotopic (exact) mass is 292 g/mol. The van der Waals surface area contributed by atoms with Crippen molar-refractivity contribution >= 4 is 18.3 Å². The zero-order chi connectivity index (χ0) is 15.8. The van der Waals surface area contributed by atoms with Gasteiger partial charge in [-0.05, 0) is 40.7 Å². The maximum absolute atomic E-state index is 6.06. The molecular weight excluding hydrogens is 267 g/mol. The van der Waals surface area contributed by atoms with E-state index >= 15 is 0 Å². The lowest BCUT2D eigenvalue weighted by atomic mass is 9.80. The van der Waals surface area contributed by atoms with Gasteiger partial charge < -0.3 is 18.9 Å². The summed E-state index contributed by atoms with van der Waals surface area (Å²) >= 11 is 0. The molecule has 0 aliphatic carbocycles. The summed E-state index contributed by atoms with van der Waals surface area (Å²) in [5.74, 6) is 0.628. The topological polar surface area (TPSA) is 43.8 Å². The average molecular weight is 292 g/mol. The van der Waals surface area contributed by atoms with E-state index in [4.69, 9.17) is 14.0 Å². The molecule has 2 heterocycles. The number of nitrogens with zero attached hydrogens (tertiary/aromatic N) is 2. The minimum atomic E-state index is -0.406. The van der Waals surface area contributed by atoms with Gasteiger partial charge in [-0.3, -0.25) is 0 Å². The number of aromatic nitrogens is 1. The van der Waals surface area contributed by atoms with Gasteiger partial charge in [0.15, 0.2) is 0 Å². The largest absolute Gasteiger partial charge is 0.496 e. The average Bonchev–Trinajstić information content (AvgIpc) is 2.59. The first kappa shape index (κ1) is 16.1. The third-order valence-corrected chi connectivity index (χ3v) is 4.14. The van der Waals surface area contributed by atoms with Gasteiger partial charge in [0.1, 0.15) is 0 Å². The minimum absolute atomic E-state index is 0.353. The Labute approximate surface area is 127 Å². The zero-order valence-corrected chi connectivity index (χ0v) is 14.1. The fourth-order valence-corrected chi connectivity index (χ4v) is 2.13. The molecule has 0 atom stereocenters. The summed E-state index contributed by atoms with van der Waals surface area (Å²) in [5.41, 5.74) is 1.12. The number of hydrogen-bond donors (Lipinski definition) is 0. The Kier molecular flexibility index (Phi) is 4.22. The summed E-state index contributed by atoms with van der Waals surface area (Å²) in [4.78, 5) is 6.38. The maximum atomic E-state index is 6.06. The summed E-state index contributed by atoms with van der Waals surface area (Å²) in [6.07, 6.45) is 1.76. The van der Waals surface area contributed by atoms with Crippen molar-refractivity contribution in [2.75, 3.05) is 25.6 Å². The summed E-state index contributed by atoms with van der Waals surface area (Å²) in [7, 11) is 3.53. The van der Waals surface area contributed by atoms with Gasteiger partial charge in [0.05, 0.1) is 23.5 Å². The second-order valence-corrected chi connectivity index (χ2v) is 6.51. The van der Waals surface area contributed by atoms with Crippen molar-refractivity contribution < 1.29 is 14.0 Å². The normalized spacial score (nSPS) is 19.7. The van der Waals surface area contributed by atoms with Crippen LogP contribution in [0.5, 0.6) is 5.88 Å². The Balaban J connectivity index is 2.32. The van der Waals surface area contributed by atoms with Crippen LogP contribution in [0.4, 0.5) is 5.69 Å². The molecule has 0 N–H and O–H groups in total. The first-order chi connectivity index (χ1) is 9.68. The Morgan fingerprint density at radius 1 is 1.19 bits per heavy atom. The van der Waals surface area contributed by atoms with E-state index in [2.05, 4.69) is 4.98 Å². The molecule has 1 aliphatic rings. The van der Waals surface area contributed by atoms with Gasteiger partial charge in [-0.2, -0.15) is 0 Å². The van der Waals surface area contributed by atoms with Crippen LogP contribution in [0.1, 0.15) is 34.6 Å². The van der Waals surface area contributed by atoms with E-state index in [9.17, 15) is 0 Å². The predicted molar refractivity (Wildman–Crippen MR) is 85.4 cm³/mol. The highest BCUT2D eigenvalue weighted by Crippen LogP contribution is 2.36. The van der Waals surface area contributed by atoms with Crippen LogP contribution in [0.3, 0.4) is 0 Å². The van der Waals surface area contributed by atoms with E-state index in [1.165, 1.54) is 0 Å². The molecule has 0 unspecified atom stereocenters. The molecule has 6 heteroatoms. The van der Waals surface area contributed by atoms with Crippen LogP contribution < -0.4 is 15.1 Å². The predicted octanol–water partition coefficient (Wildman–Crippen LogP) is 1.85. The van der Waals surface area contributed by atoms with Crippen LogP contribution in [0.25, 0.3) is 0 Å². The van der Waals surface area contributed by atoms with E-state index in [-0.39, 0.29) is 11.2 Å². The Hall–Kier alpha value is -1.27. The van der Waals surface area contributed by atoms with E-state index in [1.54, 1.807) is 6.20 Å². The summed E-state index contributed by atoms with van der Waals surface area (Å²) < 4.78 is 17.7. The zero-order valence-electron chi connectivity index (χ0n) is 14.1. The van der Waals surface area contributed by atoms with E-state index in [0.29, 0.717) is 12.5 Å². The highest BCUT2D eigenvalue weighted by molar-refractivity contribution is 6.62. The van der Waals surface area contributed by atoms with E-state index < -0.39 is 7.12 Å². The van der Waals surface area contributed by atoms with E-state index in [0.717, 1.165) is 11.2 Å². The van der Waals surface area contributed by atoms with Gasteiger partial charge in [-0.15, -0.1) is 0 Å². The van der Waals surface area contributed by atoms with Crippen LogP contribution in [0.2, 0.25) is 0 Å². The Morgan fingerprint density at radius 2 is 1.76 bits per heavy atom. The van der Waals surface area contributed by atoms with Crippen molar-refractivity contribution in [2.45, 2.75) is 45.8 Å². The second-order valence-electron chi connectivity index (χ2n) is 6.51. The Bertz CT molecular complexity index is 502. The molecule has 1 aromatic rings. The molecule has 1 fully saturated rings. The lowest BCUT2D eigenvalue weighted by molar-refractivity contribution is 0.00578. The quantitative estimate of drug-likeness (QED) is 0.792. The number of anilines is 1. The second kappa shape index (κ2) is 5.50. The smallest absolute Gasteiger partial charge is 0.476 e. The van der Waals surface area contributed by atoms with Crippen molar-refractivity contribution in [2.24, 2.45) is 0 Å². The first-order valence-corrected chi connectivity index (χ1v) is 7.33. The third kappa shape index (κ3) is 3.01. The molecule has 0 saturated carbocycles. The van der Waals surface area contributed by atoms with Gasteiger partial charge in [-0.25, -0.2) is 4.98 Å². The third-order valence-electron chi connectivity index (χ3n) is 4.14. The summed E-state index contributed by atoms with van der Waals surface area (Å²) in [6, 6.07) is 2.01. The van der Waals surface area contributed by atoms with Crippen molar-refractivity contribution in [3.05, 3.63) is 12.3 Å². The lowest BCUT2D eigenvalue weighted by Crippen LogP contribution is -2.41. The SMILES string of the molecule is CCOc1ncc(B2OC(C)(C)C(C)(C)O2)cc1N(C)C. The number of hydrogen-bond acceptors (Lipinski definition) is 5. The van der Waals surface area contributed by atoms with Crippen LogP contribution in [-0.4, -0.2) is 44.0 Å². The Morgan fingerprint density at radius 3 is 2.24 bits per heavy atom. The highest BCUT2D eigenvalue weighted by atomic mass is 16.7. The molecule has 21 heavy (non-hydrogen) atoms. The van der Waals surface area contributed by atoms with E-state index in [1.807, 2.05) is 59.7 Å². The molecule has 0 radical (unpaired) electrons. The molecule has 0 amide bonds. The molecule has 1 saturated heterocycles. The molecule has 1 aliphatic heterocycles. The number of ether oxygens (including phenoxy) is 1. The maximum Gasteiger partial charge on any atom is 0.496 e. The van der Waals surface area contributed by atoms with Crippen LogP contribution >= 0.6 is 0 Å². The van der Waals surface area contributed by atoms with Crippen molar-refractivity contribution in [3.8, 4) is 5.88 Å². The van der Waals surface area contributed by atoms with Gasteiger partial charge >= 0.3 is 7.12 Å². The fourth-order valence-electron chi connectivity index (χ4n) is 2.13. The van der Waals surface area contributed by atoms with Gasteiger partial charge in [0, 0.05) is 25.8 Å². The highest BCUT2D eigenvalue weighted by Gasteiger charge is 2.51.